The van der Waals surface area contributed by atoms with Gasteiger partial charge in [-0.3, -0.25) is 0 Å². The lowest BCUT2D eigenvalue weighted by atomic mass is 9.96. The van der Waals surface area contributed by atoms with Gasteiger partial charge in [0.05, 0.1) is 12.2 Å². The van der Waals surface area contributed by atoms with Gasteiger partial charge in [0.2, 0.25) is 0 Å². The van der Waals surface area contributed by atoms with Gasteiger partial charge in [0.15, 0.2) is 0 Å². The Hall–Kier alpha value is -0.830. The molecule has 0 bridgehead atoms. The van der Waals surface area contributed by atoms with E-state index < -0.39 is 0 Å². The van der Waals surface area contributed by atoms with Crippen molar-refractivity contribution in [1.29, 1.82) is 0 Å². The number of rotatable bonds is 6. The van der Waals surface area contributed by atoms with Crippen molar-refractivity contribution in [3.05, 3.63) is 34.9 Å². The molecule has 0 spiro atoms. The molecule has 0 amide bonds. The number of benzene rings is 1. The molecule has 0 aliphatic carbocycles. The summed E-state index contributed by atoms with van der Waals surface area (Å²) < 4.78 is 5.08. The van der Waals surface area contributed by atoms with Crippen LogP contribution in [0.15, 0.2) is 18.2 Å². The minimum absolute atomic E-state index is 0.204. The predicted molar refractivity (Wildman–Crippen MR) is 73.9 cm³/mol. The fraction of sp³-hybridized carbons (Fsp3) is 0.500. The second kappa shape index (κ2) is 7.49. The molecule has 0 saturated carbocycles. The molecule has 0 N–H and O–H groups in total. The Balaban J connectivity index is 3.00. The van der Waals surface area contributed by atoms with E-state index in [1.807, 2.05) is 19.1 Å². The summed E-state index contributed by atoms with van der Waals surface area (Å²) in [5, 5.41) is 0.986. The van der Waals surface area contributed by atoms with Crippen molar-refractivity contribution in [2.24, 2.45) is 0 Å². The fourth-order valence-electron chi connectivity index (χ4n) is 1.94. The van der Waals surface area contributed by atoms with Crippen LogP contribution in [-0.4, -0.2) is 17.9 Å². The minimum atomic E-state index is -0.204. The van der Waals surface area contributed by atoms with Crippen molar-refractivity contribution >= 4 is 21.9 Å². The second-order valence-electron chi connectivity index (χ2n) is 3.81. The summed E-state index contributed by atoms with van der Waals surface area (Å²) in [5.41, 5.74) is 3.12. The van der Waals surface area contributed by atoms with Gasteiger partial charge in [-0.2, -0.15) is 0 Å². The molecule has 0 unspecified atom stereocenters. The molecule has 0 aliphatic rings. The summed E-state index contributed by atoms with van der Waals surface area (Å²) in [4.78, 5) is 11.8. The van der Waals surface area contributed by atoms with E-state index in [-0.39, 0.29) is 5.97 Å². The molecule has 0 aromatic heterocycles. The van der Waals surface area contributed by atoms with Gasteiger partial charge in [0, 0.05) is 5.33 Å². The van der Waals surface area contributed by atoms with Crippen LogP contribution in [0.1, 0.15) is 41.8 Å². The van der Waals surface area contributed by atoms with Gasteiger partial charge in [0.1, 0.15) is 0 Å². The Kier molecular flexibility index (Phi) is 6.27. The van der Waals surface area contributed by atoms with Crippen LogP contribution in [0.5, 0.6) is 0 Å². The van der Waals surface area contributed by atoms with Crippen LogP contribution in [-0.2, 0) is 17.6 Å². The number of esters is 1. The summed E-state index contributed by atoms with van der Waals surface area (Å²) in [6.45, 7) is 4.33. The Morgan fingerprint density at radius 3 is 2.71 bits per heavy atom. The largest absolute Gasteiger partial charge is 0.462 e. The van der Waals surface area contributed by atoms with E-state index in [1.165, 1.54) is 5.56 Å². The molecular formula is C14H19BrO2. The van der Waals surface area contributed by atoms with Crippen molar-refractivity contribution in [2.45, 2.75) is 33.1 Å². The fourth-order valence-corrected chi connectivity index (χ4v) is 2.22. The molecule has 0 aliphatic heterocycles. The van der Waals surface area contributed by atoms with Crippen molar-refractivity contribution in [1.82, 2.24) is 0 Å². The number of hydrogen-bond acceptors (Lipinski definition) is 2. The number of aryl methyl sites for hydroxylation is 1. The van der Waals surface area contributed by atoms with Crippen molar-refractivity contribution in [3.63, 3.8) is 0 Å². The van der Waals surface area contributed by atoms with Crippen LogP contribution in [0.25, 0.3) is 0 Å². The SMILES string of the molecule is CCOC(=O)c1cccc(CCCBr)c1CC. The topological polar surface area (TPSA) is 26.3 Å². The maximum atomic E-state index is 11.8. The Bertz CT molecular complexity index is 374. The average molecular weight is 299 g/mol. The average Bonchev–Trinajstić information content (AvgIpc) is 2.36. The maximum Gasteiger partial charge on any atom is 0.338 e. The first-order chi connectivity index (χ1) is 8.24. The number of alkyl halides is 1. The molecule has 1 rings (SSSR count). The van der Waals surface area contributed by atoms with Crippen molar-refractivity contribution in [2.75, 3.05) is 11.9 Å². The van der Waals surface area contributed by atoms with Crippen molar-refractivity contribution in [3.8, 4) is 0 Å². The summed E-state index contributed by atoms with van der Waals surface area (Å²) >= 11 is 3.43. The third-order valence-corrected chi connectivity index (χ3v) is 3.26. The zero-order valence-electron chi connectivity index (χ0n) is 10.5. The lowest BCUT2D eigenvalue weighted by molar-refractivity contribution is 0.0525. The molecule has 1 aromatic rings. The number of carbonyl (C=O) groups excluding carboxylic acids is 1. The van der Waals surface area contributed by atoms with Crippen LogP contribution in [0.4, 0.5) is 0 Å². The van der Waals surface area contributed by atoms with Crippen LogP contribution in [0, 0.1) is 0 Å². The van der Waals surface area contributed by atoms with E-state index in [0.29, 0.717) is 6.61 Å². The molecule has 0 fully saturated rings. The molecule has 17 heavy (non-hydrogen) atoms. The predicted octanol–water partition coefficient (Wildman–Crippen LogP) is 3.75. The Morgan fingerprint density at radius 1 is 1.35 bits per heavy atom. The molecule has 0 atom stereocenters. The zero-order chi connectivity index (χ0) is 12.7. The Labute approximate surface area is 111 Å². The molecule has 0 radical (unpaired) electrons. The van der Waals surface area contributed by atoms with E-state index >= 15 is 0 Å². The van der Waals surface area contributed by atoms with E-state index in [4.69, 9.17) is 4.74 Å². The first kappa shape index (κ1) is 14.2. The molecular weight excluding hydrogens is 280 g/mol. The molecule has 0 heterocycles. The summed E-state index contributed by atoms with van der Waals surface area (Å²) in [7, 11) is 0. The molecule has 94 valence electrons. The van der Waals surface area contributed by atoms with Gasteiger partial charge in [-0.15, -0.1) is 0 Å². The summed E-state index contributed by atoms with van der Waals surface area (Å²) in [6, 6.07) is 5.90. The third-order valence-electron chi connectivity index (χ3n) is 2.70. The highest BCUT2D eigenvalue weighted by Crippen LogP contribution is 2.18. The normalized spacial score (nSPS) is 10.3. The van der Waals surface area contributed by atoms with Gasteiger partial charge in [-0.1, -0.05) is 35.0 Å². The lowest BCUT2D eigenvalue weighted by Gasteiger charge is -2.12. The molecule has 0 saturated heterocycles. The lowest BCUT2D eigenvalue weighted by Crippen LogP contribution is -2.10. The summed E-state index contributed by atoms with van der Waals surface area (Å²) in [6.07, 6.45) is 2.95. The Morgan fingerprint density at radius 2 is 2.12 bits per heavy atom. The van der Waals surface area contributed by atoms with Crippen LogP contribution >= 0.6 is 15.9 Å². The maximum absolute atomic E-state index is 11.8. The first-order valence-electron chi connectivity index (χ1n) is 6.08. The van der Waals surface area contributed by atoms with Crippen LogP contribution in [0.3, 0.4) is 0 Å². The molecule has 3 heteroatoms. The highest BCUT2D eigenvalue weighted by molar-refractivity contribution is 9.09. The highest BCUT2D eigenvalue weighted by atomic mass is 79.9. The van der Waals surface area contributed by atoms with E-state index in [9.17, 15) is 4.79 Å². The third kappa shape index (κ3) is 3.84. The zero-order valence-corrected chi connectivity index (χ0v) is 12.0. The minimum Gasteiger partial charge on any atom is -0.462 e. The molecule has 1 aromatic carbocycles. The van der Waals surface area contributed by atoms with Crippen LogP contribution < -0.4 is 0 Å². The number of carbonyl (C=O) groups is 1. The van der Waals surface area contributed by atoms with Gasteiger partial charge in [-0.25, -0.2) is 4.79 Å². The standard InChI is InChI=1S/C14H19BrO2/c1-3-12-11(8-6-10-15)7-5-9-13(12)14(16)17-4-2/h5,7,9H,3-4,6,8,10H2,1-2H3. The van der Waals surface area contributed by atoms with Crippen molar-refractivity contribution < 1.29 is 9.53 Å². The van der Waals surface area contributed by atoms with Gasteiger partial charge >= 0.3 is 5.97 Å². The monoisotopic (exact) mass is 298 g/mol. The molecule has 2 nitrogen and oxygen atoms in total. The second-order valence-corrected chi connectivity index (χ2v) is 4.60. The van der Waals surface area contributed by atoms with E-state index in [0.717, 1.165) is 35.7 Å². The number of hydrogen-bond donors (Lipinski definition) is 0. The van der Waals surface area contributed by atoms with Gasteiger partial charge in [0.25, 0.3) is 0 Å². The number of halogens is 1. The van der Waals surface area contributed by atoms with Gasteiger partial charge in [-0.05, 0) is 43.4 Å². The first-order valence-corrected chi connectivity index (χ1v) is 7.20. The number of ether oxygens (including phenoxy) is 1. The highest BCUT2D eigenvalue weighted by Gasteiger charge is 2.13. The van der Waals surface area contributed by atoms with Crippen LogP contribution in [0.2, 0.25) is 0 Å². The summed E-state index contributed by atoms with van der Waals surface area (Å²) in [5.74, 6) is -0.204. The smallest absolute Gasteiger partial charge is 0.338 e. The van der Waals surface area contributed by atoms with E-state index in [2.05, 4.69) is 28.9 Å². The van der Waals surface area contributed by atoms with E-state index in [1.54, 1.807) is 0 Å². The van der Waals surface area contributed by atoms with Gasteiger partial charge < -0.3 is 4.74 Å². The quantitative estimate of drug-likeness (QED) is 0.590.